The summed E-state index contributed by atoms with van der Waals surface area (Å²) in [5, 5.41) is 19.6. The molecule has 0 spiro atoms. The van der Waals surface area contributed by atoms with Crippen LogP contribution in [0, 0.1) is 0 Å². The molecule has 0 radical (unpaired) electrons. The van der Waals surface area contributed by atoms with E-state index in [1.807, 2.05) is 0 Å². The quantitative estimate of drug-likeness (QED) is 0.762. The van der Waals surface area contributed by atoms with Crippen LogP contribution in [0.2, 0.25) is 0 Å². The van der Waals surface area contributed by atoms with Crippen LogP contribution in [-0.4, -0.2) is 45.2 Å². The average molecular weight is 285 g/mol. The molecular weight excluding hydrogens is 270 g/mol. The summed E-state index contributed by atoms with van der Waals surface area (Å²) in [7, 11) is 1.20. The summed E-state index contributed by atoms with van der Waals surface area (Å²) in [6, 6.07) is 3.02. The SMILES string of the molecule is COC(=O)c1ncccc1C(O)C(O)CSC(C)=O. The standard InChI is InChI=1S/C12H15NO5S/c1-7(14)19-6-9(15)11(16)8-4-3-5-13-10(8)12(17)18-2/h3-5,9,11,15-16H,6H2,1-2H3. The van der Waals surface area contributed by atoms with Crippen molar-refractivity contribution >= 4 is 22.8 Å². The van der Waals surface area contributed by atoms with Gasteiger partial charge in [-0.15, -0.1) is 0 Å². The molecule has 19 heavy (non-hydrogen) atoms. The van der Waals surface area contributed by atoms with E-state index in [9.17, 15) is 19.8 Å². The van der Waals surface area contributed by atoms with Gasteiger partial charge in [-0.05, 0) is 6.07 Å². The second-order valence-electron chi connectivity index (χ2n) is 3.75. The lowest BCUT2D eigenvalue weighted by Gasteiger charge is -2.18. The zero-order valence-corrected chi connectivity index (χ0v) is 11.4. The van der Waals surface area contributed by atoms with Gasteiger partial charge in [-0.3, -0.25) is 4.79 Å². The first-order chi connectivity index (χ1) is 8.97. The van der Waals surface area contributed by atoms with Crippen molar-refractivity contribution in [2.24, 2.45) is 0 Å². The number of nitrogens with zero attached hydrogens (tertiary/aromatic N) is 1. The van der Waals surface area contributed by atoms with Crippen molar-refractivity contribution in [3.05, 3.63) is 29.6 Å². The third-order valence-corrected chi connectivity index (χ3v) is 3.27. The number of hydrogen-bond acceptors (Lipinski definition) is 7. The number of aromatic nitrogens is 1. The number of ether oxygens (including phenoxy) is 1. The topological polar surface area (TPSA) is 96.7 Å². The highest BCUT2D eigenvalue weighted by Gasteiger charge is 2.25. The van der Waals surface area contributed by atoms with Crippen molar-refractivity contribution in [3.63, 3.8) is 0 Å². The van der Waals surface area contributed by atoms with Gasteiger partial charge in [0.25, 0.3) is 0 Å². The van der Waals surface area contributed by atoms with E-state index in [0.717, 1.165) is 11.8 Å². The molecule has 2 unspecified atom stereocenters. The van der Waals surface area contributed by atoms with Crippen LogP contribution >= 0.6 is 11.8 Å². The van der Waals surface area contributed by atoms with Crippen molar-refractivity contribution in [2.75, 3.05) is 12.9 Å². The number of carbonyl (C=O) groups excluding carboxylic acids is 2. The number of hydrogen-bond donors (Lipinski definition) is 2. The first-order valence-electron chi connectivity index (χ1n) is 5.50. The molecule has 0 amide bonds. The molecule has 2 N–H and O–H groups in total. The third kappa shape index (κ3) is 4.30. The lowest BCUT2D eigenvalue weighted by atomic mass is 10.0. The minimum Gasteiger partial charge on any atom is -0.464 e. The summed E-state index contributed by atoms with van der Waals surface area (Å²) in [5.41, 5.74) is 0.121. The molecule has 0 bridgehead atoms. The van der Waals surface area contributed by atoms with Crippen LogP contribution in [-0.2, 0) is 9.53 Å². The predicted octanol–water partition coefficient (Wildman–Crippen LogP) is 0.542. The first kappa shape index (κ1) is 15.6. The zero-order valence-electron chi connectivity index (χ0n) is 10.6. The Morgan fingerprint density at radius 1 is 1.47 bits per heavy atom. The molecule has 1 rings (SSSR count). The van der Waals surface area contributed by atoms with Crippen molar-refractivity contribution in [1.82, 2.24) is 4.98 Å². The van der Waals surface area contributed by atoms with Gasteiger partial charge in [0, 0.05) is 24.4 Å². The highest BCUT2D eigenvalue weighted by Crippen LogP contribution is 2.22. The molecule has 1 aromatic heterocycles. The van der Waals surface area contributed by atoms with Crippen LogP contribution in [0.15, 0.2) is 18.3 Å². The maximum absolute atomic E-state index is 11.5. The monoisotopic (exact) mass is 285 g/mol. The lowest BCUT2D eigenvalue weighted by molar-refractivity contribution is -0.109. The first-order valence-corrected chi connectivity index (χ1v) is 6.48. The fourth-order valence-corrected chi connectivity index (χ4v) is 2.01. The van der Waals surface area contributed by atoms with Crippen LogP contribution in [0.5, 0.6) is 0 Å². The van der Waals surface area contributed by atoms with Gasteiger partial charge in [0.1, 0.15) is 6.10 Å². The minimum atomic E-state index is -1.31. The second-order valence-corrected chi connectivity index (χ2v) is 4.94. The van der Waals surface area contributed by atoms with Gasteiger partial charge in [-0.25, -0.2) is 9.78 Å². The minimum absolute atomic E-state index is 0.0337. The average Bonchev–Trinajstić information content (AvgIpc) is 2.42. The van der Waals surface area contributed by atoms with Crippen LogP contribution < -0.4 is 0 Å². The molecule has 6 nitrogen and oxygen atoms in total. The Balaban J connectivity index is 2.89. The van der Waals surface area contributed by atoms with Gasteiger partial charge >= 0.3 is 5.97 Å². The zero-order chi connectivity index (χ0) is 14.4. The number of carbonyl (C=O) groups is 2. The number of thioether (sulfide) groups is 1. The Hall–Kier alpha value is -1.44. The highest BCUT2D eigenvalue weighted by molar-refractivity contribution is 8.13. The van der Waals surface area contributed by atoms with E-state index in [1.165, 1.54) is 32.4 Å². The van der Waals surface area contributed by atoms with E-state index < -0.39 is 18.2 Å². The van der Waals surface area contributed by atoms with Crippen molar-refractivity contribution in [3.8, 4) is 0 Å². The van der Waals surface area contributed by atoms with Gasteiger partial charge in [-0.2, -0.15) is 0 Å². The van der Waals surface area contributed by atoms with E-state index in [1.54, 1.807) is 0 Å². The summed E-state index contributed by atoms with van der Waals surface area (Å²) in [5.74, 6) is -0.660. The summed E-state index contributed by atoms with van der Waals surface area (Å²) in [6.45, 7) is 1.37. The van der Waals surface area contributed by atoms with E-state index in [0.29, 0.717) is 0 Å². The maximum atomic E-state index is 11.5. The van der Waals surface area contributed by atoms with E-state index in [-0.39, 0.29) is 22.1 Å². The maximum Gasteiger partial charge on any atom is 0.357 e. The predicted molar refractivity (Wildman–Crippen MR) is 69.7 cm³/mol. The molecule has 0 saturated carbocycles. The van der Waals surface area contributed by atoms with Crippen LogP contribution in [0.25, 0.3) is 0 Å². The Morgan fingerprint density at radius 3 is 2.74 bits per heavy atom. The number of methoxy groups -OCH3 is 1. The van der Waals surface area contributed by atoms with Crippen molar-refractivity contribution in [2.45, 2.75) is 19.1 Å². The number of rotatable bonds is 5. The fraction of sp³-hybridized carbons (Fsp3) is 0.417. The molecule has 1 aromatic rings. The molecule has 0 aromatic carbocycles. The number of pyridine rings is 1. The smallest absolute Gasteiger partial charge is 0.357 e. The third-order valence-electron chi connectivity index (χ3n) is 2.36. The van der Waals surface area contributed by atoms with Gasteiger partial charge < -0.3 is 14.9 Å². The van der Waals surface area contributed by atoms with Gasteiger partial charge in [-0.1, -0.05) is 17.8 Å². The second kappa shape index (κ2) is 7.22. The summed E-state index contributed by atoms with van der Waals surface area (Å²) >= 11 is 0.897. The summed E-state index contributed by atoms with van der Waals surface area (Å²) in [6.07, 6.45) is -1.10. The van der Waals surface area contributed by atoms with E-state index >= 15 is 0 Å². The molecule has 0 fully saturated rings. The summed E-state index contributed by atoms with van der Waals surface area (Å²) < 4.78 is 4.55. The Bertz CT molecular complexity index is 465. The van der Waals surface area contributed by atoms with Crippen molar-refractivity contribution < 1.29 is 24.5 Å². The Kier molecular flexibility index (Phi) is 5.94. The van der Waals surface area contributed by atoms with Crippen LogP contribution in [0.3, 0.4) is 0 Å². The van der Waals surface area contributed by atoms with Crippen LogP contribution in [0.4, 0.5) is 0 Å². The molecule has 0 aliphatic heterocycles. The molecule has 0 aliphatic carbocycles. The lowest BCUT2D eigenvalue weighted by Crippen LogP contribution is -2.24. The summed E-state index contributed by atoms with van der Waals surface area (Å²) in [4.78, 5) is 26.1. The fourth-order valence-electron chi connectivity index (χ4n) is 1.42. The Labute approximate surface area is 114 Å². The molecule has 0 saturated heterocycles. The van der Waals surface area contributed by atoms with Crippen LogP contribution in [0.1, 0.15) is 29.1 Å². The highest BCUT2D eigenvalue weighted by atomic mass is 32.2. The van der Waals surface area contributed by atoms with Gasteiger partial charge in [0.05, 0.1) is 13.2 Å². The number of aliphatic hydroxyl groups excluding tert-OH is 2. The molecule has 2 atom stereocenters. The van der Waals surface area contributed by atoms with E-state index in [2.05, 4.69) is 9.72 Å². The molecule has 7 heteroatoms. The van der Waals surface area contributed by atoms with Gasteiger partial charge in [0.15, 0.2) is 10.8 Å². The molecular formula is C12H15NO5S. The Morgan fingerprint density at radius 2 is 2.16 bits per heavy atom. The normalized spacial score (nSPS) is 13.7. The largest absolute Gasteiger partial charge is 0.464 e. The molecule has 104 valence electrons. The van der Waals surface area contributed by atoms with Gasteiger partial charge in [0.2, 0.25) is 0 Å². The number of esters is 1. The number of aliphatic hydroxyl groups is 2. The van der Waals surface area contributed by atoms with Crippen molar-refractivity contribution in [1.29, 1.82) is 0 Å². The molecule has 0 aliphatic rings. The van der Waals surface area contributed by atoms with E-state index in [4.69, 9.17) is 0 Å². The molecule has 1 heterocycles.